The highest BCUT2D eigenvalue weighted by atomic mass is 35.5. The molecule has 78 valence electrons. The third kappa shape index (κ3) is 2.04. The molecule has 14 heavy (non-hydrogen) atoms. The van der Waals surface area contributed by atoms with Crippen molar-refractivity contribution in [2.75, 3.05) is 0 Å². The molecule has 1 aliphatic carbocycles. The van der Waals surface area contributed by atoms with E-state index >= 15 is 0 Å². The molecule has 0 unspecified atom stereocenters. The van der Waals surface area contributed by atoms with Gasteiger partial charge in [0.1, 0.15) is 11.6 Å². The summed E-state index contributed by atoms with van der Waals surface area (Å²) in [5, 5.41) is 0. The van der Waals surface area contributed by atoms with Gasteiger partial charge in [-0.3, -0.25) is 0 Å². The Hall–Kier alpha value is -0.670. The predicted molar refractivity (Wildman–Crippen MR) is 53.6 cm³/mol. The molecule has 0 bridgehead atoms. The number of nitrogens with two attached hydrogens (primary N) is 1. The normalized spacial score (nSPS) is 19.8. The molecule has 0 spiro atoms. The van der Waals surface area contributed by atoms with Gasteiger partial charge in [-0.2, -0.15) is 0 Å². The fourth-order valence-corrected chi connectivity index (χ4v) is 1.83. The number of hydrogen-bond donors (Lipinski definition) is 1. The van der Waals surface area contributed by atoms with Crippen molar-refractivity contribution < 1.29 is 8.78 Å². The lowest BCUT2D eigenvalue weighted by molar-refractivity contribution is 0.520. The molecule has 1 aromatic rings. The summed E-state index contributed by atoms with van der Waals surface area (Å²) in [4.78, 5) is 0. The molecule has 0 saturated carbocycles. The van der Waals surface area contributed by atoms with Gasteiger partial charge in [0.25, 0.3) is 0 Å². The van der Waals surface area contributed by atoms with Gasteiger partial charge in [-0.25, -0.2) is 8.78 Å². The lowest BCUT2D eigenvalue weighted by Gasteiger charge is -2.21. The van der Waals surface area contributed by atoms with E-state index in [4.69, 9.17) is 5.73 Å². The maximum absolute atomic E-state index is 13.2. The summed E-state index contributed by atoms with van der Waals surface area (Å²) in [5.41, 5.74) is 7.08. The molecule has 4 heteroatoms. The van der Waals surface area contributed by atoms with E-state index in [1.54, 1.807) is 0 Å². The Bertz CT molecular complexity index is 341. The van der Waals surface area contributed by atoms with Crippen LogP contribution in [0.4, 0.5) is 8.78 Å². The molecule has 1 aliphatic rings. The number of hydrogen-bond acceptors (Lipinski definition) is 1. The van der Waals surface area contributed by atoms with E-state index in [9.17, 15) is 8.78 Å². The van der Waals surface area contributed by atoms with Crippen molar-refractivity contribution >= 4 is 12.4 Å². The molecule has 0 heterocycles. The smallest absolute Gasteiger partial charge is 0.129 e. The Kier molecular flexibility index (Phi) is 3.45. The van der Waals surface area contributed by atoms with Crippen LogP contribution in [0.1, 0.15) is 17.5 Å². The minimum atomic E-state index is -0.509. The highest BCUT2D eigenvalue weighted by molar-refractivity contribution is 5.85. The zero-order chi connectivity index (χ0) is 9.42. The first-order valence-electron chi connectivity index (χ1n) is 4.39. The molecule has 1 aromatic carbocycles. The monoisotopic (exact) mass is 219 g/mol. The van der Waals surface area contributed by atoms with E-state index in [2.05, 4.69) is 0 Å². The van der Waals surface area contributed by atoms with Gasteiger partial charge in [-0.15, -0.1) is 12.4 Å². The van der Waals surface area contributed by atoms with Crippen molar-refractivity contribution in [2.45, 2.75) is 25.3 Å². The molecule has 1 nitrogen and oxygen atoms in total. The summed E-state index contributed by atoms with van der Waals surface area (Å²) >= 11 is 0. The van der Waals surface area contributed by atoms with E-state index < -0.39 is 11.6 Å². The zero-order valence-corrected chi connectivity index (χ0v) is 8.41. The van der Waals surface area contributed by atoms with Gasteiger partial charge in [0.15, 0.2) is 0 Å². The van der Waals surface area contributed by atoms with Gasteiger partial charge in [-0.1, -0.05) is 0 Å². The summed E-state index contributed by atoms with van der Waals surface area (Å²) in [6, 6.07) is 2.38. The quantitative estimate of drug-likeness (QED) is 0.711. The Morgan fingerprint density at radius 1 is 1.29 bits per heavy atom. The molecule has 0 fully saturated rings. The van der Waals surface area contributed by atoms with Gasteiger partial charge < -0.3 is 5.73 Å². The van der Waals surface area contributed by atoms with Gasteiger partial charge in [0.05, 0.1) is 0 Å². The van der Waals surface area contributed by atoms with Crippen LogP contribution in [-0.2, 0) is 12.8 Å². The maximum Gasteiger partial charge on any atom is 0.129 e. The van der Waals surface area contributed by atoms with Gasteiger partial charge in [0, 0.05) is 12.1 Å². The average molecular weight is 220 g/mol. The molecule has 1 atom stereocenters. The highest BCUT2D eigenvalue weighted by Gasteiger charge is 2.19. The van der Waals surface area contributed by atoms with Crippen molar-refractivity contribution in [3.63, 3.8) is 0 Å². The van der Waals surface area contributed by atoms with Crippen LogP contribution in [0, 0.1) is 11.6 Å². The summed E-state index contributed by atoms with van der Waals surface area (Å²) in [6.07, 6.45) is 2.00. The first-order chi connectivity index (χ1) is 6.16. The minimum Gasteiger partial charge on any atom is -0.327 e. The fraction of sp³-hybridized carbons (Fsp3) is 0.400. The van der Waals surface area contributed by atoms with Crippen LogP contribution in [0.2, 0.25) is 0 Å². The van der Waals surface area contributed by atoms with Crippen LogP contribution in [0.5, 0.6) is 0 Å². The average Bonchev–Trinajstić information content (AvgIpc) is 2.02. The van der Waals surface area contributed by atoms with Crippen molar-refractivity contribution in [1.29, 1.82) is 0 Å². The summed E-state index contributed by atoms with van der Waals surface area (Å²) in [7, 11) is 0. The Morgan fingerprint density at radius 3 is 2.71 bits per heavy atom. The number of fused-ring (bicyclic) bond motifs is 1. The van der Waals surface area contributed by atoms with E-state index in [0.717, 1.165) is 18.1 Å². The second-order valence-electron chi connectivity index (χ2n) is 3.53. The van der Waals surface area contributed by atoms with E-state index in [1.165, 1.54) is 6.07 Å². The molecule has 0 aliphatic heterocycles. The van der Waals surface area contributed by atoms with Gasteiger partial charge >= 0.3 is 0 Å². The van der Waals surface area contributed by atoms with Crippen molar-refractivity contribution in [3.8, 4) is 0 Å². The lowest BCUT2D eigenvalue weighted by Crippen LogP contribution is -2.28. The van der Waals surface area contributed by atoms with E-state index in [0.29, 0.717) is 18.4 Å². The molecule has 0 saturated heterocycles. The molecule has 0 amide bonds. The highest BCUT2D eigenvalue weighted by Crippen LogP contribution is 2.24. The SMILES string of the molecule is Cl.N[C@@H]1CCc2c(F)cc(F)cc2C1. The molecule has 2 N–H and O–H groups in total. The van der Waals surface area contributed by atoms with Crippen molar-refractivity contribution in [1.82, 2.24) is 0 Å². The lowest BCUT2D eigenvalue weighted by atomic mass is 9.88. The van der Waals surface area contributed by atoms with Crippen LogP contribution in [0.3, 0.4) is 0 Å². The van der Waals surface area contributed by atoms with Crippen LogP contribution >= 0.6 is 12.4 Å². The van der Waals surface area contributed by atoms with E-state index in [-0.39, 0.29) is 18.4 Å². The third-order valence-corrected chi connectivity index (χ3v) is 2.50. The Labute approximate surface area is 87.7 Å². The van der Waals surface area contributed by atoms with Crippen molar-refractivity contribution in [3.05, 3.63) is 34.9 Å². The molecular weight excluding hydrogens is 208 g/mol. The first-order valence-corrected chi connectivity index (χ1v) is 4.39. The molecular formula is C10H12ClF2N. The molecule has 2 rings (SSSR count). The Morgan fingerprint density at radius 2 is 2.00 bits per heavy atom. The molecule has 0 aromatic heterocycles. The summed E-state index contributed by atoms with van der Waals surface area (Å²) in [6.45, 7) is 0. The van der Waals surface area contributed by atoms with Crippen LogP contribution in [0.15, 0.2) is 12.1 Å². The summed E-state index contributed by atoms with van der Waals surface area (Å²) < 4.78 is 26.0. The van der Waals surface area contributed by atoms with Crippen LogP contribution < -0.4 is 5.73 Å². The second-order valence-corrected chi connectivity index (χ2v) is 3.53. The summed E-state index contributed by atoms with van der Waals surface area (Å²) in [5.74, 6) is -0.938. The van der Waals surface area contributed by atoms with Gasteiger partial charge in [-0.05, 0) is 36.5 Å². The Balaban J connectivity index is 0.000000980. The first kappa shape index (κ1) is 11.4. The van der Waals surface area contributed by atoms with Crippen LogP contribution in [-0.4, -0.2) is 6.04 Å². The fourth-order valence-electron chi connectivity index (χ4n) is 1.83. The third-order valence-electron chi connectivity index (χ3n) is 2.50. The molecule has 0 radical (unpaired) electrons. The minimum absolute atomic E-state index is 0. The zero-order valence-electron chi connectivity index (χ0n) is 7.59. The number of halogens is 3. The maximum atomic E-state index is 13.2. The van der Waals surface area contributed by atoms with E-state index in [1.807, 2.05) is 0 Å². The second kappa shape index (κ2) is 4.24. The van der Waals surface area contributed by atoms with Crippen molar-refractivity contribution in [2.24, 2.45) is 5.73 Å². The van der Waals surface area contributed by atoms with Gasteiger partial charge in [0.2, 0.25) is 0 Å². The number of rotatable bonds is 0. The predicted octanol–water partition coefficient (Wildman–Crippen LogP) is 2.20. The largest absolute Gasteiger partial charge is 0.327 e. The standard InChI is InChI=1S/C10H11F2N.ClH/c11-7-3-6-4-8(13)1-2-9(6)10(12)5-7;/h3,5,8H,1-2,4,13H2;1H/t8-;/m1./s1. The topological polar surface area (TPSA) is 26.0 Å². The number of benzene rings is 1. The van der Waals surface area contributed by atoms with Crippen LogP contribution in [0.25, 0.3) is 0 Å².